The van der Waals surface area contributed by atoms with Crippen molar-refractivity contribution in [1.29, 1.82) is 0 Å². The second-order valence-corrected chi connectivity index (χ2v) is 8.14. The van der Waals surface area contributed by atoms with Gasteiger partial charge >= 0.3 is 12.2 Å². The number of carbonyl (C=O) groups excluding carboxylic acids is 1. The Kier molecular flexibility index (Phi) is 6.41. The topological polar surface area (TPSA) is 83.8 Å². The smallest absolute Gasteiger partial charge is 0.378 e. The summed E-state index contributed by atoms with van der Waals surface area (Å²) < 4.78 is 47.2. The molecule has 11 heteroatoms. The Balaban J connectivity index is 1.60. The number of hydrogen-bond acceptors (Lipinski definition) is 5. The molecule has 1 aromatic carbocycles. The standard InChI is InChI=1S/C22H25F3N6O2/c1-14(2)19(20-29-28-18-5-3-4-8-31(18)20)27-21(32)26-16-13-15(22(23,24)25)6-7-17(16)30-9-11-33-12-10-30/h3-8,13-14,19H,9-12H2,1-2H3,(H2,26,27,32). The lowest BCUT2D eigenvalue weighted by Gasteiger charge is -2.31. The number of aromatic nitrogens is 3. The zero-order chi connectivity index (χ0) is 23.6. The van der Waals surface area contributed by atoms with Crippen molar-refractivity contribution >= 4 is 23.1 Å². The molecular formula is C22H25F3N6O2. The van der Waals surface area contributed by atoms with Crippen LogP contribution in [0.25, 0.3) is 5.65 Å². The second-order valence-electron chi connectivity index (χ2n) is 8.14. The van der Waals surface area contributed by atoms with Crippen LogP contribution >= 0.6 is 0 Å². The fourth-order valence-electron chi connectivity index (χ4n) is 3.79. The van der Waals surface area contributed by atoms with E-state index in [0.717, 1.165) is 12.1 Å². The highest BCUT2D eigenvalue weighted by molar-refractivity contribution is 5.93. The summed E-state index contributed by atoms with van der Waals surface area (Å²) in [7, 11) is 0. The molecule has 1 atom stereocenters. The van der Waals surface area contributed by atoms with Gasteiger partial charge in [0.25, 0.3) is 0 Å². The zero-order valence-corrected chi connectivity index (χ0v) is 18.3. The average Bonchev–Trinajstić information content (AvgIpc) is 3.21. The molecule has 0 spiro atoms. The quantitative estimate of drug-likeness (QED) is 0.597. The Bertz CT molecular complexity index is 1120. The van der Waals surface area contributed by atoms with E-state index in [1.165, 1.54) is 6.07 Å². The molecule has 0 saturated carbocycles. The van der Waals surface area contributed by atoms with Crippen molar-refractivity contribution in [1.82, 2.24) is 19.9 Å². The van der Waals surface area contributed by atoms with E-state index in [2.05, 4.69) is 20.8 Å². The number of morpholine rings is 1. The van der Waals surface area contributed by atoms with Crippen LogP contribution in [-0.2, 0) is 10.9 Å². The van der Waals surface area contributed by atoms with E-state index in [1.807, 2.05) is 30.9 Å². The van der Waals surface area contributed by atoms with Crippen LogP contribution < -0.4 is 15.5 Å². The molecule has 1 aliphatic heterocycles. The molecular weight excluding hydrogens is 437 g/mol. The number of pyridine rings is 1. The van der Waals surface area contributed by atoms with Crippen LogP contribution in [0.4, 0.5) is 29.3 Å². The summed E-state index contributed by atoms with van der Waals surface area (Å²) in [5, 5.41) is 13.8. The molecule has 2 aromatic heterocycles. The van der Waals surface area contributed by atoms with Gasteiger partial charge in [-0.25, -0.2) is 4.79 Å². The van der Waals surface area contributed by atoms with E-state index < -0.39 is 23.8 Å². The maximum Gasteiger partial charge on any atom is 0.416 e. The summed E-state index contributed by atoms with van der Waals surface area (Å²) >= 11 is 0. The van der Waals surface area contributed by atoms with E-state index >= 15 is 0 Å². The van der Waals surface area contributed by atoms with Gasteiger partial charge in [-0.05, 0) is 36.2 Å². The number of hydrogen-bond donors (Lipinski definition) is 2. The van der Waals surface area contributed by atoms with Gasteiger partial charge in [0.15, 0.2) is 11.5 Å². The number of nitrogens with one attached hydrogen (secondary N) is 2. The first-order valence-corrected chi connectivity index (χ1v) is 10.6. The van der Waals surface area contributed by atoms with E-state index in [4.69, 9.17) is 4.74 Å². The van der Waals surface area contributed by atoms with Gasteiger partial charge in [0.2, 0.25) is 0 Å². The molecule has 1 saturated heterocycles. The second kappa shape index (κ2) is 9.26. The predicted octanol–water partition coefficient (Wildman–Crippen LogP) is 4.10. The number of benzene rings is 1. The highest BCUT2D eigenvalue weighted by Crippen LogP contribution is 2.36. The molecule has 0 bridgehead atoms. The molecule has 1 unspecified atom stereocenters. The number of carbonyl (C=O) groups is 1. The summed E-state index contributed by atoms with van der Waals surface area (Å²) in [6.45, 7) is 5.78. The third-order valence-corrected chi connectivity index (χ3v) is 5.50. The van der Waals surface area contributed by atoms with Gasteiger partial charge in [-0.2, -0.15) is 13.2 Å². The van der Waals surface area contributed by atoms with E-state index in [1.54, 1.807) is 16.7 Å². The van der Waals surface area contributed by atoms with Crippen molar-refractivity contribution in [3.63, 3.8) is 0 Å². The Hall–Kier alpha value is -3.34. The van der Waals surface area contributed by atoms with Gasteiger partial charge in [-0.3, -0.25) is 4.40 Å². The number of amides is 2. The molecule has 8 nitrogen and oxygen atoms in total. The Labute approximate surface area is 188 Å². The first kappa shape index (κ1) is 22.8. The zero-order valence-electron chi connectivity index (χ0n) is 18.3. The minimum Gasteiger partial charge on any atom is -0.378 e. The fourth-order valence-corrected chi connectivity index (χ4v) is 3.79. The molecule has 4 rings (SSSR count). The molecule has 1 aliphatic rings. The van der Waals surface area contributed by atoms with Crippen LogP contribution in [0.3, 0.4) is 0 Å². The number of fused-ring (bicyclic) bond motifs is 1. The van der Waals surface area contributed by atoms with E-state index in [-0.39, 0.29) is 11.6 Å². The summed E-state index contributed by atoms with van der Waals surface area (Å²) in [5.74, 6) is 0.483. The molecule has 1 fully saturated rings. The third-order valence-electron chi connectivity index (χ3n) is 5.50. The molecule has 2 N–H and O–H groups in total. The lowest BCUT2D eigenvalue weighted by atomic mass is 10.0. The van der Waals surface area contributed by atoms with Crippen LogP contribution in [0.5, 0.6) is 0 Å². The number of halogens is 3. The first-order valence-electron chi connectivity index (χ1n) is 10.6. The van der Waals surface area contributed by atoms with Crippen LogP contribution in [0, 0.1) is 5.92 Å². The van der Waals surface area contributed by atoms with Crippen molar-refractivity contribution in [2.45, 2.75) is 26.1 Å². The first-order chi connectivity index (χ1) is 15.7. The van der Waals surface area contributed by atoms with Crippen molar-refractivity contribution < 1.29 is 22.7 Å². The maximum absolute atomic E-state index is 13.3. The minimum atomic E-state index is -4.53. The normalized spacial score (nSPS) is 15.6. The highest BCUT2D eigenvalue weighted by atomic mass is 19.4. The van der Waals surface area contributed by atoms with Crippen LogP contribution in [-0.4, -0.2) is 46.9 Å². The fraction of sp³-hybridized carbons (Fsp3) is 0.409. The number of ether oxygens (including phenoxy) is 1. The average molecular weight is 462 g/mol. The number of rotatable bonds is 5. The van der Waals surface area contributed by atoms with Crippen LogP contribution in [0.1, 0.15) is 31.3 Å². The molecule has 2 amide bonds. The molecule has 3 heterocycles. The third kappa shape index (κ3) is 5.03. The van der Waals surface area contributed by atoms with Crippen molar-refractivity contribution in [3.8, 4) is 0 Å². The van der Waals surface area contributed by atoms with Gasteiger partial charge in [0.1, 0.15) is 0 Å². The largest absolute Gasteiger partial charge is 0.416 e. The van der Waals surface area contributed by atoms with Gasteiger partial charge in [-0.15, -0.1) is 10.2 Å². The van der Waals surface area contributed by atoms with Crippen LogP contribution in [0.2, 0.25) is 0 Å². The number of anilines is 2. The summed E-state index contributed by atoms with van der Waals surface area (Å²) in [4.78, 5) is 14.8. The summed E-state index contributed by atoms with van der Waals surface area (Å²) in [6.07, 6.45) is -2.74. The van der Waals surface area contributed by atoms with Gasteiger partial charge in [0.05, 0.1) is 36.2 Å². The lowest BCUT2D eigenvalue weighted by molar-refractivity contribution is -0.137. The molecule has 0 radical (unpaired) electrons. The van der Waals surface area contributed by atoms with Crippen molar-refractivity contribution in [2.24, 2.45) is 5.92 Å². The SMILES string of the molecule is CC(C)C(NC(=O)Nc1cc(C(F)(F)F)ccc1N1CCOCC1)c1nnc2ccccn12. The van der Waals surface area contributed by atoms with Crippen LogP contribution in [0.15, 0.2) is 42.6 Å². The minimum absolute atomic E-state index is 0.0522. The number of urea groups is 1. The van der Waals surface area contributed by atoms with Gasteiger partial charge in [0, 0.05) is 19.3 Å². The summed E-state index contributed by atoms with van der Waals surface area (Å²) in [6, 6.07) is 7.68. The maximum atomic E-state index is 13.3. The Morgan fingerprint density at radius 2 is 1.88 bits per heavy atom. The number of alkyl halides is 3. The van der Waals surface area contributed by atoms with Gasteiger partial charge < -0.3 is 20.3 Å². The van der Waals surface area contributed by atoms with E-state index in [0.29, 0.717) is 43.5 Å². The summed E-state index contributed by atoms with van der Waals surface area (Å²) in [5.41, 5.74) is 0.389. The number of nitrogens with zero attached hydrogens (tertiary/aromatic N) is 4. The van der Waals surface area contributed by atoms with Crippen molar-refractivity contribution in [2.75, 3.05) is 36.5 Å². The molecule has 33 heavy (non-hydrogen) atoms. The van der Waals surface area contributed by atoms with Gasteiger partial charge in [-0.1, -0.05) is 19.9 Å². The molecule has 176 valence electrons. The lowest BCUT2D eigenvalue weighted by Crippen LogP contribution is -2.38. The highest BCUT2D eigenvalue weighted by Gasteiger charge is 2.32. The van der Waals surface area contributed by atoms with Crippen molar-refractivity contribution in [3.05, 3.63) is 54.0 Å². The Morgan fingerprint density at radius 1 is 1.12 bits per heavy atom. The monoisotopic (exact) mass is 462 g/mol. The van der Waals surface area contributed by atoms with E-state index in [9.17, 15) is 18.0 Å². The predicted molar refractivity (Wildman–Crippen MR) is 117 cm³/mol. The molecule has 0 aliphatic carbocycles. The Morgan fingerprint density at radius 3 is 2.58 bits per heavy atom. The molecule has 3 aromatic rings.